The highest BCUT2D eigenvalue weighted by Crippen LogP contribution is 2.35. The Bertz CT molecular complexity index is 1440. The molecule has 1 aromatic heterocycles. The Morgan fingerprint density at radius 1 is 1.17 bits per heavy atom. The number of carboxylic acid groups (broad SMARTS) is 1. The van der Waals surface area contributed by atoms with Crippen LogP contribution in [0.2, 0.25) is 0 Å². The summed E-state index contributed by atoms with van der Waals surface area (Å²) in [5, 5.41) is 14.0. The minimum absolute atomic E-state index is 0.0908. The van der Waals surface area contributed by atoms with E-state index in [1.54, 1.807) is 13.0 Å². The van der Waals surface area contributed by atoms with E-state index < -0.39 is 24.0 Å². The number of carbonyl (C=O) groups is 2. The maximum Gasteiger partial charge on any atom is 0.573 e. The van der Waals surface area contributed by atoms with Crippen LogP contribution in [0.4, 0.5) is 18.0 Å². The van der Waals surface area contributed by atoms with Gasteiger partial charge in [0.1, 0.15) is 11.4 Å². The van der Waals surface area contributed by atoms with Gasteiger partial charge in [-0.25, -0.2) is 14.3 Å². The fourth-order valence-electron chi connectivity index (χ4n) is 5.32. The fraction of sp³-hybridized carbons (Fsp3) is 0.441. The van der Waals surface area contributed by atoms with Gasteiger partial charge in [0.05, 0.1) is 17.8 Å². The molecule has 3 heterocycles. The number of amides is 1. The van der Waals surface area contributed by atoms with Crippen molar-refractivity contribution < 1.29 is 37.3 Å². The Morgan fingerprint density at radius 2 is 1.89 bits per heavy atom. The molecule has 1 spiro atoms. The van der Waals surface area contributed by atoms with Gasteiger partial charge in [-0.3, -0.25) is 9.80 Å². The smallest absolute Gasteiger partial charge is 0.478 e. The van der Waals surface area contributed by atoms with E-state index in [-0.39, 0.29) is 11.3 Å². The number of likely N-dealkylation sites (tertiary alicyclic amines) is 1. The average Bonchev–Trinajstić information content (AvgIpc) is 3.58. The number of hydrogen-bond acceptors (Lipinski definition) is 6. The zero-order chi connectivity index (χ0) is 33.9. The van der Waals surface area contributed by atoms with Crippen molar-refractivity contribution in [2.24, 2.45) is 0 Å². The van der Waals surface area contributed by atoms with Crippen molar-refractivity contribution in [3.05, 3.63) is 95.7 Å². The molecular formula is C34H43F3N4O5. The van der Waals surface area contributed by atoms with E-state index in [0.29, 0.717) is 51.1 Å². The second kappa shape index (κ2) is 16.3. The molecule has 0 atom stereocenters. The topological polar surface area (TPSA) is 97.1 Å². The first-order valence-corrected chi connectivity index (χ1v) is 15.4. The second-order valence-corrected chi connectivity index (χ2v) is 10.8. The molecule has 12 heteroatoms. The second-order valence-electron chi connectivity index (χ2n) is 10.8. The largest absolute Gasteiger partial charge is 0.573 e. The number of rotatable bonds is 11. The van der Waals surface area contributed by atoms with Crippen LogP contribution in [0.5, 0.6) is 0 Å². The minimum atomic E-state index is -4.77. The van der Waals surface area contributed by atoms with Gasteiger partial charge in [0.25, 0.3) is 0 Å². The summed E-state index contributed by atoms with van der Waals surface area (Å²) in [4.78, 5) is 27.7. The molecule has 2 fully saturated rings. The summed E-state index contributed by atoms with van der Waals surface area (Å²) in [5.41, 5.74) is 2.52. The third-order valence-electron chi connectivity index (χ3n) is 7.77. The number of carbonyl (C=O) groups excluding carboxylic acids is 1. The van der Waals surface area contributed by atoms with Gasteiger partial charge >= 0.3 is 18.4 Å². The van der Waals surface area contributed by atoms with Gasteiger partial charge < -0.3 is 14.6 Å². The molecule has 9 nitrogen and oxygen atoms in total. The van der Waals surface area contributed by atoms with Crippen LogP contribution in [-0.4, -0.2) is 68.3 Å². The van der Waals surface area contributed by atoms with Gasteiger partial charge in [-0.05, 0) is 57.1 Å². The molecule has 1 amide bonds. The van der Waals surface area contributed by atoms with Crippen molar-refractivity contribution in [1.82, 2.24) is 19.6 Å². The monoisotopic (exact) mass is 644 g/mol. The molecular weight excluding hydrogens is 601 g/mol. The van der Waals surface area contributed by atoms with Crippen LogP contribution in [0.1, 0.15) is 64.6 Å². The molecule has 0 unspecified atom stereocenters. The van der Waals surface area contributed by atoms with Crippen molar-refractivity contribution in [2.45, 2.75) is 78.3 Å². The average molecular weight is 645 g/mol. The van der Waals surface area contributed by atoms with Gasteiger partial charge in [-0.15, -0.1) is 13.2 Å². The van der Waals surface area contributed by atoms with E-state index >= 15 is 0 Å². The van der Waals surface area contributed by atoms with Crippen molar-refractivity contribution in [3.8, 4) is 0 Å². The SMILES string of the molecule is C=C(/C=C\C(=C/C)C(=O)O)N1CC2(CCN(Cc3cn(C4=CC=CCC4)nc3C/C=C\C(=C/C)OC(F)(F)F)CC2)OC1=O.CC. The molecule has 46 heavy (non-hydrogen) atoms. The van der Waals surface area contributed by atoms with Gasteiger partial charge in [-0.1, -0.05) is 44.7 Å². The molecule has 2 aliphatic heterocycles. The molecule has 250 valence electrons. The standard InChI is InChI=1S/C32H37F3N4O5.C2H6/c1-4-24(29(40)41)15-14-23(3)38-22-31(44-30(38)42)16-18-37(19-17-31)20-25-21-39(26-10-7-6-8-11-26)36-28(25)13-9-12-27(5-2)43-32(33,34)35;1-2/h4-7,9-10,12,14-15,21H,3,8,11,13,16-20,22H2,1-2H3,(H,40,41);1-2H3/b12-9-,15-14-,24-4+,27-5+;. The van der Waals surface area contributed by atoms with Gasteiger partial charge in [0.15, 0.2) is 0 Å². The molecule has 0 bridgehead atoms. The summed E-state index contributed by atoms with van der Waals surface area (Å²) >= 11 is 0. The van der Waals surface area contributed by atoms with Crippen LogP contribution in [0.3, 0.4) is 0 Å². The van der Waals surface area contributed by atoms with Crippen LogP contribution >= 0.6 is 0 Å². The Labute approximate surface area is 268 Å². The van der Waals surface area contributed by atoms with E-state index in [4.69, 9.17) is 9.84 Å². The number of ether oxygens (including phenoxy) is 2. The van der Waals surface area contributed by atoms with Crippen LogP contribution in [0.15, 0.2) is 84.5 Å². The molecule has 1 aliphatic carbocycles. The summed E-state index contributed by atoms with van der Waals surface area (Å²) in [7, 11) is 0. The zero-order valence-electron chi connectivity index (χ0n) is 26.8. The third-order valence-corrected chi connectivity index (χ3v) is 7.77. The van der Waals surface area contributed by atoms with Gasteiger partial charge in [-0.2, -0.15) is 5.10 Å². The number of nitrogens with zero attached hydrogens (tertiary/aromatic N) is 4. The summed E-state index contributed by atoms with van der Waals surface area (Å²) < 4.78 is 49.8. The summed E-state index contributed by atoms with van der Waals surface area (Å²) in [6.07, 6.45) is 14.5. The number of allylic oxidation sites excluding steroid dienone is 9. The number of hydrogen-bond donors (Lipinski definition) is 1. The highest BCUT2D eigenvalue weighted by molar-refractivity contribution is 5.89. The lowest BCUT2D eigenvalue weighted by Gasteiger charge is -2.37. The Hall–Kier alpha value is -4.32. The molecule has 0 radical (unpaired) electrons. The lowest BCUT2D eigenvalue weighted by molar-refractivity contribution is -0.303. The maximum absolute atomic E-state index is 12.7. The highest BCUT2D eigenvalue weighted by Gasteiger charge is 2.47. The lowest BCUT2D eigenvalue weighted by Crippen LogP contribution is -2.46. The summed E-state index contributed by atoms with van der Waals surface area (Å²) in [5.74, 6) is -1.36. The maximum atomic E-state index is 12.7. The zero-order valence-corrected chi connectivity index (χ0v) is 26.8. The van der Waals surface area contributed by atoms with E-state index in [1.165, 1.54) is 42.2 Å². The summed E-state index contributed by atoms with van der Waals surface area (Å²) in [6.45, 7) is 13.2. The third kappa shape index (κ3) is 9.84. The van der Waals surface area contributed by atoms with Crippen LogP contribution in [-0.2, 0) is 27.2 Å². The highest BCUT2D eigenvalue weighted by atomic mass is 19.4. The Balaban J connectivity index is 0.00000282. The van der Waals surface area contributed by atoms with Gasteiger partial charge in [0.2, 0.25) is 0 Å². The molecule has 1 aromatic rings. The van der Waals surface area contributed by atoms with Crippen LogP contribution < -0.4 is 0 Å². The lowest BCUT2D eigenvalue weighted by atomic mass is 9.91. The van der Waals surface area contributed by atoms with Crippen LogP contribution in [0, 0.1) is 0 Å². The Morgan fingerprint density at radius 3 is 2.48 bits per heavy atom. The van der Waals surface area contributed by atoms with E-state index in [0.717, 1.165) is 29.8 Å². The molecule has 1 N–H and O–H groups in total. The first-order chi connectivity index (χ1) is 21.9. The van der Waals surface area contributed by atoms with Crippen molar-refractivity contribution in [3.63, 3.8) is 0 Å². The van der Waals surface area contributed by atoms with E-state index in [9.17, 15) is 27.9 Å². The first-order valence-electron chi connectivity index (χ1n) is 15.4. The number of alkyl halides is 3. The molecule has 4 rings (SSSR count). The van der Waals surface area contributed by atoms with Crippen LogP contribution in [0.25, 0.3) is 5.70 Å². The van der Waals surface area contributed by atoms with E-state index in [2.05, 4.69) is 22.3 Å². The quantitative estimate of drug-likeness (QED) is 0.151. The van der Waals surface area contributed by atoms with Gasteiger partial charge in [0, 0.05) is 62.1 Å². The molecule has 2 saturated heterocycles. The number of aliphatic carboxylic acids is 1. The van der Waals surface area contributed by atoms with E-state index in [1.807, 2.05) is 36.9 Å². The molecule has 0 aromatic carbocycles. The predicted molar refractivity (Wildman–Crippen MR) is 170 cm³/mol. The number of halogens is 3. The number of carboxylic acids is 1. The minimum Gasteiger partial charge on any atom is -0.478 e. The summed E-state index contributed by atoms with van der Waals surface area (Å²) in [6, 6.07) is 0. The van der Waals surface area contributed by atoms with Crippen molar-refractivity contribution in [1.29, 1.82) is 0 Å². The Kier molecular flexibility index (Phi) is 12.8. The molecule has 3 aliphatic rings. The van der Waals surface area contributed by atoms with Crippen molar-refractivity contribution in [2.75, 3.05) is 19.6 Å². The number of aromatic nitrogens is 2. The fourth-order valence-corrected chi connectivity index (χ4v) is 5.32. The first kappa shape index (κ1) is 36.2. The van der Waals surface area contributed by atoms with Crippen molar-refractivity contribution >= 4 is 17.8 Å². The normalized spacial score (nSPS) is 19.0. The predicted octanol–water partition coefficient (Wildman–Crippen LogP) is 7.53. The molecule has 0 saturated carbocycles. The number of piperidine rings is 1.